The van der Waals surface area contributed by atoms with Crippen molar-refractivity contribution in [3.05, 3.63) is 69.9 Å². The largest absolute Gasteiger partial charge is 0.355 e. The van der Waals surface area contributed by atoms with Crippen molar-refractivity contribution in [2.75, 3.05) is 12.3 Å². The molecule has 2 rings (SSSR count). The van der Waals surface area contributed by atoms with Crippen LogP contribution in [0.3, 0.4) is 0 Å². The molecule has 4 nitrogen and oxygen atoms in total. The van der Waals surface area contributed by atoms with Crippen LogP contribution in [-0.4, -0.2) is 35.1 Å². The van der Waals surface area contributed by atoms with Crippen molar-refractivity contribution in [1.82, 2.24) is 10.2 Å². The molecule has 2 aromatic carbocycles. The molecule has 1 atom stereocenters. The molecule has 0 saturated heterocycles. The van der Waals surface area contributed by atoms with Crippen LogP contribution in [0.5, 0.6) is 0 Å². The summed E-state index contributed by atoms with van der Waals surface area (Å²) in [6.45, 7) is 4.41. The maximum absolute atomic E-state index is 13.7. The highest BCUT2D eigenvalue weighted by Gasteiger charge is 2.25. The number of thioether (sulfide) groups is 1. The number of hydrogen-bond acceptors (Lipinski definition) is 3. The molecule has 0 bridgehead atoms. The van der Waals surface area contributed by atoms with Gasteiger partial charge in [0.2, 0.25) is 11.8 Å². The van der Waals surface area contributed by atoms with E-state index < -0.39 is 6.04 Å². The molecule has 28 heavy (non-hydrogen) atoms. The Morgan fingerprint density at radius 3 is 2.50 bits per heavy atom. The van der Waals surface area contributed by atoms with Crippen LogP contribution < -0.4 is 5.32 Å². The molecule has 0 aromatic heterocycles. The lowest BCUT2D eigenvalue weighted by Crippen LogP contribution is -2.48. The van der Waals surface area contributed by atoms with Gasteiger partial charge in [-0.1, -0.05) is 46.3 Å². The average molecular weight is 467 g/mol. The van der Waals surface area contributed by atoms with Crippen molar-refractivity contribution >= 4 is 39.5 Å². The minimum absolute atomic E-state index is 0.150. The molecule has 0 aliphatic heterocycles. The zero-order chi connectivity index (χ0) is 20.5. The number of likely N-dealkylation sites (N-methyl/N-ethyl adjacent to an activating group) is 1. The van der Waals surface area contributed by atoms with E-state index in [4.69, 9.17) is 0 Å². The van der Waals surface area contributed by atoms with Crippen molar-refractivity contribution in [3.8, 4) is 0 Å². The molecule has 0 unspecified atom stereocenters. The van der Waals surface area contributed by atoms with E-state index in [-0.39, 0.29) is 23.4 Å². The topological polar surface area (TPSA) is 49.4 Å². The first-order chi connectivity index (χ1) is 13.4. The molecule has 0 aliphatic rings. The Morgan fingerprint density at radius 2 is 1.86 bits per heavy atom. The second-order valence-electron chi connectivity index (χ2n) is 6.30. The van der Waals surface area contributed by atoms with E-state index in [1.54, 1.807) is 30.0 Å². The molecule has 0 heterocycles. The van der Waals surface area contributed by atoms with Crippen molar-refractivity contribution in [3.63, 3.8) is 0 Å². The maximum Gasteiger partial charge on any atom is 0.242 e. The minimum atomic E-state index is -0.592. The van der Waals surface area contributed by atoms with E-state index in [1.807, 2.05) is 31.2 Å². The molecule has 0 aliphatic carbocycles. The van der Waals surface area contributed by atoms with Crippen LogP contribution in [0.25, 0.3) is 0 Å². The van der Waals surface area contributed by atoms with Gasteiger partial charge in [-0.2, -0.15) is 0 Å². The Kier molecular flexibility index (Phi) is 8.99. The van der Waals surface area contributed by atoms with Crippen LogP contribution in [-0.2, 0) is 21.9 Å². The van der Waals surface area contributed by atoms with Crippen LogP contribution in [0, 0.1) is 5.82 Å². The zero-order valence-electron chi connectivity index (χ0n) is 16.0. The second-order valence-corrected chi connectivity index (χ2v) is 8.20. The van der Waals surface area contributed by atoms with Crippen LogP contribution in [0.15, 0.2) is 53.0 Å². The minimum Gasteiger partial charge on any atom is -0.355 e. The number of amides is 2. The first kappa shape index (κ1) is 22.4. The first-order valence-corrected chi connectivity index (χ1v) is 11.0. The van der Waals surface area contributed by atoms with Gasteiger partial charge in [-0.25, -0.2) is 4.39 Å². The van der Waals surface area contributed by atoms with E-state index in [1.165, 1.54) is 17.8 Å². The predicted molar refractivity (Wildman–Crippen MR) is 115 cm³/mol. The normalized spacial score (nSPS) is 11.7. The Hall–Kier alpha value is -1.86. The number of rotatable bonds is 9. The molecule has 150 valence electrons. The Bertz CT molecular complexity index is 801. The number of nitrogens with zero attached hydrogens (tertiary/aromatic N) is 1. The molecule has 1 N–H and O–H groups in total. The summed E-state index contributed by atoms with van der Waals surface area (Å²) in [6.07, 6.45) is 0. The van der Waals surface area contributed by atoms with E-state index in [0.717, 1.165) is 10.0 Å². The molecule has 0 fully saturated rings. The summed E-state index contributed by atoms with van der Waals surface area (Å²) in [6, 6.07) is 13.6. The monoisotopic (exact) mass is 466 g/mol. The predicted octanol–water partition coefficient (Wildman–Crippen LogP) is 4.37. The number of carbonyl (C=O) groups excluding carboxylic acids is 2. The van der Waals surface area contributed by atoms with Crippen LogP contribution in [0.2, 0.25) is 0 Å². The van der Waals surface area contributed by atoms with Gasteiger partial charge in [-0.3, -0.25) is 9.59 Å². The molecular formula is C21H24BrFN2O2S. The van der Waals surface area contributed by atoms with Gasteiger partial charge >= 0.3 is 0 Å². The fourth-order valence-electron chi connectivity index (χ4n) is 2.64. The van der Waals surface area contributed by atoms with Crippen molar-refractivity contribution in [2.24, 2.45) is 0 Å². The van der Waals surface area contributed by atoms with Gasteiger partial charge < -0.3 is 10.2 Å². The summed E-state index contributed by atoms with van der Waals surface area (Å²) in [5.41, 5.74) is 1.50. The molecule has 2 aromatic rings. The van der Waals surface area contributed by atoms with E-state index in [9.17, 15) is 14.0 Å². The SMILES string of the molecule is CCNC(=O)[C@H](C)N(Cc1ccc(Br)cc1)C(=O)CSCc1ccccc1F. The van der Waals surface area contributed by atoms with Crippen molar-refractivity contribution < 1.29 is 14.0 Å². The highest BCUT2D eigenvalue weighted by molar-refractivity contribution is 9.10. The van der Waals surface area contributed by atoms with Gasteiger partial charge in [-0.15, -0.1) is 11.8 Å². The van der Waals surface area contributed by atoms with E-state index in [0.29, 0.717) is 24.4 Å². The van der Waals surface area contributed by atoms with Gasteiger partial charge in [0, 0.05) is 23.3 Å². The summed E-state index contributed by atoms with van der Waals surface area (Å²) < 4.78 is 14.7. The summed E-state index contributed by atoms with van der Waals surface area (Å²) in [5, 5.41) is 2.77. The quantitative estimate of drug-likeness (QED) is 0.596. The van der Waals surface area contributed by atoms with Gasteiger partial charge in [-0.05, 0) is 43.2 Å². The highest BCUT2D eigenvalue weighted by atomic mass is 79.9. The van der Waals surface area contributed by atoms with Crippen molar-refractivity contribution in [1.29, 1.82) is 0 Å². The Balaban J connectivity index is 2.05. The van der Waals surface area contributed by atoms with Crippen LogP contribution in [0.1, 0.15) is 25.0 Å². The summed E-state index contributed by atoms with van der Waals surface area (Å²) in [7, 11) is 0. The third kappa shape index (κ3) is 6.63. The van der Waals surface area contributed by atoms with Crippen LogP contribution >= 0.6 is 27.7 Å². The molecule has 2 amide bonds. The lowest BCUT2D eigenvalue weighted by atomic mass is 10.1. The van der Waals surface area contributed by atoms with Gasteiger partial charge in [0.05, 0.1) is 5.75 Å². The summed E-state index contributed by atoms with van der Waals surface area (Å²) in [4.78, 5) is 26.7. The highest BCUT2D eigenvalue weighted by Crippen LogP contribution is 2.18. The molecule has 7 heteroatoms. The Labute approximate surface area is 178 Å². The smallest absolute Gasteiger partial charge is 0.242 e. The third-order valence-electron chi connectivity index (χ3n) is 4.23. The van der Waals surface area contributed by atoms with Crippen LogP contribution in [0.4, 0.5) is 4.39 Å². The Morgan fingerprint density at radius 1 is 1.18 bits per heavy atom. The number of hydrogen-bond donors (Lipinski definition) is 1. The number of benzene rings is 2. The fraction of sp³-hybridized carbons (Fsp3) is 0.333. The average Bonchev–Trinajstić information content (AvgIpc) is 2.68. The second kappa shape index (κ2) is 11.2. The zero-order valence-corrected chi connectivity index (χ0v) is 18.4. The van der Waals surface area contributed by atoms with Gasteiger partial charge in [0.15, 0.2) is 0 Å². The number of nitrogens with one attached hydrogen (secondary N) is 1. The lowest BCUT2D eigenvalue weighted by Gasteiger charge is -2.28. The van der Waals surface area contributed by atoms with E-state index in [2.05, 4.69) is 21.2 Å². The van der Waals surface area contributed by atoms with Gasteiger partial charge in [0.1, 0.15) is 11.9 Å². The maximum atomic E-state index is 13.7. The van der Waals surface area contributed by atoms with E-state index >= 15 is 0 Å². The third-order valence-corrected chi connectivity index (χ3v) is 5.72. The molecule has 0 saturated carbocycles. The molecule has 0 spiro atoms. The summed E-state index contributed by atoms with van der Waals surface area (Å²) in [5.74, 6) is -0.0331. The van der Waals surface area contributed by atoms with Crippen molar-refractivity contribution in [2.45, 2.75) is 32.2 Å². The standard InChI is InChI=1S/C21H24BrFN2O2S/c1-3-24-21(27)15(2)25(12-16-8-10-18(22)11-9-16)20(26)14-28-13-17-6-4-5-7-19(17)23/h4-11,15H,3,12-14H2,1-2H3,(H,24,27)/t15-/m0/s1. The van der Waals surface area contributed by atoms with Gasteiger partial charge in [0.25, 0.3) is 0 Å². The summed E-state index contributed by atoms with van der Waals surface area (Å²) >= 11 is 4.74. The number of carbonyl (C=O) groups is 2. The molecule has 0 radical (unpaired) electrons. The fourth-order valence-corrected chi connectivity index (χ4v) is 3.80. The molecular weight excluding hydrogens is 443 g/mol. The first-order valence-electron chi connectivity index (χ1n) is 9.05. The number of halogens is 2. The lowest BCUT2D eigenvalue weighted by molar-refractivity contribution is -0.138.